The zero-order chi connectivity index (χ0) is 18.6. The van der Waals surface area contributed by atoms with Crippen LogP contribution in [0.15, 0.2) is 61.3 Å². The number of ether oxygens (including phenoxy) is 1. The Hall–Kier alpha value is -3.65. The van der Waals surface area contributed by atoms with Crippen molar-refractivity contribution in [2.24, 2.45) is 12.8 Å². The van der Waals surface area contributed by atoms with E-state index in [-0.39, 0.29) is 0 Å². The van der Waals surface area contributed by atoms with Crippen molar-refractivity contribution in [1.82, 2.24) is 29.7 Å². The van der Waals surface area contributed by atoms with E-state index in [1.807, 2.05) is 37.4 Å². The highest BCUT2D eigenvalue weighted by Crippen LogP contribution is 2.32. The molecule has 4 aromatic rings. The molecule has 0 unspecified atom stereocenters. The van der Waals surface area contributed by atoms with E-state index in [0.29, 0.717) is 35.4 Å². The van der Waals surface area contributed by atoms with Crippen LogP contribution in [0.3, 0.4) is 0 Å². The van der Waals surface area contributed by atoms with Gasteiger partial charge in [-0.2, -0.15) is 5.10 Å². The Morgan fingerprint density at radius 2 is 1.81 bits per heavy atom. The van der Waals surface area contributed by atoms with Gasteiger partial charge in [-0.05, 0) is 12.1 Å². The molecule has 0 radical (unpaired) electrons. The Labute approximate surface area is 155 Å². The van der Waals surface area contributed by atoms with Gasteiger partial charge in [0.05, 0.1) is 11.8 Å². The molecule has 0 bridgehead atoms. The van der Waals surface area contributed by atoms with Gasteiger partial charge in [0.2, 0.25) is 5.88 Å². The lowest BCUT2D eigenvalue weighted by Crippen LogP contribution is -2.00. The Morgan fingerprint density at radius 3 is 2.56 bits per heavy atom. The van der Waals surface area contributed by atoms with Crippen molar-refractivity contribution < 1.29 is 4.74 Å². The lowest BCUT2D eigenvalue weighted by atomic mass is 10.2. The third kappa shape index (κ3) is 3.51. The van der Waals surface area contributed by atoms with Crippen molar-refractivity contribution >= 4 is 0 Å². The monoisotopic (exact) mass is 359 g/mol. The predicted octanol–water partition coefficient (Wildman–Crippen LogP) is 2.59. The minimum absolute atomic E-state index is 0.401. The van der Waals surface area contributed by atoms with Crippen molar-refractivity contribution in [1.29, 1.82) is 0 Å². The van der Waals surface area contributed by atoms with Gasteiger partial charge in [0.25, 0.3) is 0 Å². The maximum Gasteiger partial charge on any atom is 0.218 e. The molecule has 27 heavy (non-hydrogen) atoms. The van der Waals surface area contributed by atoms with Crippen LogP contribution >= 0.6 is 0 Å². The Morgan fingerprint density at radius 1 is 1.00 bits per heavy atom. The molecule has 4 rings (SSSR count). The smallest absolute Gasteiger partial charge is 0.218 e. The Bertz CT molecular complexity index is 1050. The van der Waals surface area contributed by atoms with E-state index < -0.39 is 0 Å². The maximum absolute atomic E-state index is 6.10. The summed E-state index contributed by atoms with van der Waals surface area (Å²) in [6, 6.07) is 9.40. The number of aromatic nitrogens is 6. The number of rotatable bonds is 5. The van der Waals surface area contributed by atoms with Crippen molar-refractivity contribution in [3.8, 4) is 34.4 Å². The normalized spacial score (nSPS) is 10.7. The molecule has 0 amide bonds. The van der Waals surface area contributed by atoms with Crippen LogP contribution in [0.4, 0.5) is 0 Å². The van der Waals surface area contributed by atoms with Gasteiger partial charge in [-0.15, -0.1) is 0 Å². The molecular weight excluding hydrogens is 342 g/mol. The molecule has 0 saturated carbocycles. The molecule has 0 fully saturated rings. The van der Waals surface area contributed by atoms with Crippen LogP contribution in [0.5, 0.6) is 11.6 Å². The average molecular weight is 359 g/mol. The van der Waals surface area contributed by atoms with Gasteiger partial charge in [-0.3, -0.25) is 9.97 Å². The summed E-state index contributed by atoms with van der Waals surface area (Å²) in [4.78, 5) is 17.1. The topological polar surface area (TPSA) is 105 Å². The number of aryl methyl sites for hydroxylation is 1. The van der Waals surface area contributed by atoms with Gasteiger partial charge < -0.3 is 10.5 Å². The van der Waals surface area contributed by atoms with Crippen LogP contribution in [-0.2, 0) is 13.6 Å². The van der Waals surface area contributed by atoms with Crippen LogP contribution in [0.1, 0.15) is 5.56 Å². The van der Waals surface area contributed by atoms with Crippen molar-refractivity contribution in [2.45, 2.75) is 6.54 Å². The first-order chi connectivity index (χ1) is 13.2. The molecule has 0 atom stereocenters. The number of hydrogen-bond donors (Lipinski definition) is 1. The third-order valence-electron chi connectivity index (χ3n) is 3.95. The molecular formula is C19H17N7O. The Kier molecular flexibility index (Phi) is 4.54. The molecule has 1 aromatic carbocycles. The van der Waals surface area contributed by atoms with E-state index in [4.69, 9.17) is 10.5 Å². The molecule has 0 spiro atoms. The summed E-state index contributed by atoms with van der Waals surface area (Å²) in [5.74, 6) is 1.77. The van der Waals surface area contributed by atoms with Gasteiger partial charge in [0, 0.05) is 50.0 Å². The number of benzene rings is 1. The third-order valence-corrected chi connectivity index (χ3v) is 3.95. The quantitative estimate of drug-likeness (QED) is 0.584. The lowest BCUT2D eigenvalue weighted by molar-refractivity contribution is 0.432. The van der Waals surface area contributed by atoms with E-state index >= 15 is 0 Å². The molecule has 3 heterocycles. The van der Waals surface area contributed by atoms with Crippen LogP contribution in [0.25, 0.3) is 22.8 Å². The molecule has 3 aromatic heterocycles. The maximum atomic E-state index is 6.10. The summed E-state index contributed by atoms with van der Waals surface area (Å²) in [6.45, 7) is 0.401. The first-order valence-electron chi connectivity index (χ1n) is 8.33. The number of para-hydroxylation sites is 1. The standard InChI is InChI=1S/C19H17N7O/c1-26-18(8-15(25-26)16-12-21-6-7-22-16)27-17-5-3-2-4-14(17)19-23-10-13(9-20)11-24-19/h2-8,10-12H,9,20H2,1H3. The summed E-state index contributed by atoms with van der Waals surface area (Å²) in [5.41, 5.74) is 8.63. The fourth-order valence-electron chi connectivity index (χ4n) is 2.55. The molecule has 8 heteroatoms. The second kappa shape index (κ2) is 7.30. The fourth-order valence-corrected chi connectivity index (χ4v) is 2.55. The van der Waals surface area contributed by atoms with E-state index in [9.17, 15) is 0 Å². The summed E-state index contributed by atoms with van der Waals surface area (Å²) < 4.78 is 7.75. The highest BCUT2D eigenvalue weighted by Gasteiger charge is 2.14. The van der Waals surface area contributed by atoms with Gasteiger partial charge in [0.1, 0.15) is 17.1 Å². The highest BCUT2D eigenvalue weighted by atomic mass is 16.5. The number of nitrogens with zero attached hydrogens (tertiary/aromatic N) is 6. The zero-order valence-corrected chi connectivity index (χ0v) is 14.6. The van der Waals surface area contributed by atoms with Crippen LogP contribution in [0.2, 0.25) is 0 Å². The van der Waals surface area contributed by atoms with E-state index in [1.54, 1.807) is 35.7 Å². The molecule has 0 aliphatic heterocycles. The summed E-state index contributed by atoms with van der Waals surface area (Å²) in [5, 5.41) is 4.45. The summed E-state index contributed by atoms with van der Waals surface area (Å²) >= 11 is 0. The Balaban J connectivity index is 1.67. The van der Waals surface area contributed by atoms with Gasteiger partial charge in [-0.1, -0.05) is 12.1 Å². The second-order valence-electron chi connectivity index (χ2n) is 5.80. The summed E-state index contributed by atoms with van der Waals surface area (Å²) in [6.07, 6.45) is 8.34. The largest absolute Gasteiger partial charge is 0.439 e. The molecule has 2 N–H and O–H groups in total. The molecule has 134 valence electrons. The summed E-state index contributed by atoms with van der Waals surface area (Å²) in [7, 11) is 1.81. The SMILES string of the molecule is Cn1nc(-c2cnccn2)cc1Oc1ccccc1-c1ncc(CN)cn1. The van der Waals surface area contributed by atoms with Crippen molar-refractivity contribution in [3.05, 3.63) is 66.9 Å². The first kappa shape index (κ1) is 16.8. The number of nitrogens with two attached hydrogens (primary N) is 1. The van der Waals surface area contributed by atoms with E-state index in [2.05, 4.69) is 25.0 Å². The van der Waals surface area contributed by atoms with Gasteiger partial charge in [0.15, 0.2) is 5.82 Å². The average Bonchev–Trinajstić information content (AvgIpc) is 3.10. The fraction of sp³-hybridized carbons (Fsp3) is 0.105. The zero-order valence-electron chi connectivity index (χ0n) is 14.6. The highest BCUT2D eigenvalue weighted by molar-refractivity contribution is 5.64. The minimum atomic E-state index is 0.401. The lowest BCUT2D eigenvalue weighted by Gasteiger charge is -2.10. The molecule has 0 aliphatic rings. The van der Waals surface area contributed by atoms with Gasteiger partial charge >= 0.3 is 0 Å². The van der Waals surface area contributed by atoms with Crippen LogP contribution in [-0.4, -0.2) is 29.7 Å². The first-order valence-corrected chi connectivity index (χ1v) is 8.33. The molecule has 0 aliphatic carbocycles. The van der Waals surface area contributed by atoms with Crippen LogP contribution < -0.4 is 10.5 Å². The van der Waals surface area contributed by atoms with Crippen LogP contribution in [0, 0.1) is 0 Å². The second-order valence-corrected chi connectivity index (χ2v) is 5.80. The van der Waals surface area contributed by atoms with E-state index in [1.165, 1.54) is 0 Å². The van der Waals surface area contributed by atoms with E-state index in [0.717, 1.165) is 11.1 Å². The van der Waals surface area contributed by atoms with Gasteiger partial charge in [-0.25, -0.2) is 14.6 Å². The van der Waals surface area contributed by atoms with Crippen molar-refractivity contribution in [2.75, 3.05) is 0 Å². The van der Waals surface area contributed by atoms with Crippen molar-refractivity contribution in [3.63, 3.8) is 0 Å². The minimum Gasteiger partial charge on any atom is -0.439 e. The number of hydrogen-bond acceptors (Lipinski definition) is 7. The molecule has 8 nitrogen and oxygen atoms in total. The predicted molar refractivity (Wildman–Crippen MR) is 99.7 cm³/mol. The molecule has 0 saturated heterocycles.